The van der Waals surface area contributed by atoms with Crippen molar-refractivity contribution in [1.82, 2.24) is 0 Å². The molecule has 1 fully saturated rings. The molecule has 0 saturated heterocycles. The van der Waals surface area contributed by atoms with E-state index in [0.29, 0.717) is 12.5 Å². The molecule has 0 aliphatic heterocycles. The number of hydrogen-bond acceptors (Lipinski definition) is 2. The van der Waals surface area contributed by atoms with Crippen LogP contribution in [0.1, 0.15) is 25.3 Å². The fraction of sp³-hybridized carbons (Fsp3) is 0.538. The van der Waals surface area contributed by atoms with Crippen LogP contribution in [0.15, 0.2) is 30.3 Å². The van der Waals surface area contributed by atoms with Crippen LogP contribution in [0.5, 0.6) is 0 Å². The molecular weight excluding hydrogens is 188 g/mol. The van der Waals surface area contributed by atoms with Crippen molar-refractivity contribution in [3.05, 3.63) is 35.9 Å². The third-order valence-corrected chi connectivity index (χ3v) is 3.17. The normalized spacial score (nSPS) is 27.1. The molecule has 1 aromatic rings. The maximum Gasteiger partial charge on any atom is 0.0720 e. The molecule has 2 rings (SSSR count). The minimum atomic E-state index is -0.0854. The number of aliphatic hydroxyl groups is 1. The first-order valence-corrected chi connectivity index (χ1v) is 5.59. The number of hydrogen-bond donors (Lipinski definition) is 1. The van der Waals surface area contributed by atoms with Gasteiger partial charge >= 0.3 is 0 Å². The van der Waals surface area contributed by atoms with E-state index in [1.807, 2.05) is 18.2 Å². The standard InChI is InChI=1S/C13H18O2/c1-10(12-7-13(14)8-12)15-9-11-5-3-2-4-6-11/h2-6,10,12-14H,7-9H2,1H3/t10-,12?,13?/m1/s1. The van der Waals surface area contributed by atoms with E-state index < -0.39 is 0 Å². The highest BCUT2D eigenvalue weighted by molar-refractivity contribution is 5.13. The molecule has 0 heterocycles. The highest BCUT2D eigenvalue weighted by Crippen LogP contribution is 2.31. The number of benzene rings is 1. The van der Waals surface area contributed by atoms with E-state index in [-0.39, 0.29) is 12.2 Å². The van der Waals surface area contributed by atoms with E-state index in [1.54, 1.807) is 0 Å². The molecule has 1 aliphatic rings. The quantitative estimate of drug-likeness (QED) is 0.819. The maximum absolute atomic E-state index is 9.20. The summed E-state index contributed by atoms with van der Waals surface area (Å²) in [6.07, 6.45) is 1.97. The zero-order chi connectivity index (χ0) is 10.7. The molecule has 15 heavy (non-hydrogen) atoms. The molecule has 2 heteroatoms. The van der Waals surface area contributed by atoms with Gasteiger partial charge in [-0.15, -0.1) is 0 Å². The van der Waals surface area contributed by atoms with E-state index in [0.717, 1.165) is 12.8 Å². The lowest BCUT2D eigenvalue weighted by Gasteiger charge is -2.35. The molecule has 82 valence electrons. The third kappa shape index (κ3) is 2.80. The third-order valence-electron chi connectivity index (χ3n) is 3.17. The second-order valence-electron chi connectivity index (χ2n) is 4.39. The Balaban J connectivity index is 1.74. The van der Waals surface area contributed by atoms with Gasteiger partial charge in [0.1, 0.15) is 0 Å². The first-order chi connectivity index (χ1) is 7.25. The topological polar surface area (TPSA) is 29.5 Å². The van der Waals surface area contributed by atoms with E-state index in [1.165, 1.54) is 5.56 Å². The lowest BCUT2D eigenvalue weighted by molar-refractivity contribution is -0.0610. The van der Waals surface area contributed by atoms with Gasteiger partial charge in [0.05, 0.1) is 18.8 Å². The van der Waals surface area contributed by atoms with Crippen molar-refractivity contribution in [3.63, 3.8) is 0 Å². The Labute approximate surface area is 90.9 Å². The summed E-state index contributed by atoms with van der Waals surface area (Å²) in [4.78, 5) is 0. The zero-order valence-electron chi connectivity index (χ0n) is 9.10. The molecular formula is C13H18O2. The first-order valence-electron chi connectivity index (χ1n) is 5.59. The first kappa shape index (κ1) is 10.7. The highest BCUT2D eigenvalue weighted by Gasteiger charge is 2.31. The summed E-state index contributed by atoms with van der Waals surface area (Å²) in [5, 5.41) is 9.20. The van der Waals surface area contributed by atoms with Crippen molar-refractivity contribution in [2.24, 2.45) is 5.92 Å². The average molecular weight is 206 g/mol. The summed E-state index contributed by atoms with van der Waals surface area (Å²) >= 11 is 0. The fourth-order valence-electron chi connectivity index (χ4n) is 1.95. The van der Waals surface area contributed by atoms with Gasteiger partial charge in [0.25, 0.3) is 0 Å². The minimum absolute atomic E-state index is 0.0854. The summed E-state index contributed by atoms with van der Waals surface area (Å²) in [7, 11) is 0. The molecule has 1 saturated carbocycles. The fourth-order valence-corrected chi connectivity index (χ4v) is 1.95. The molecule has 0 amide bonds. The Bertz CT molecular complexity index is 291. The summed E-state index contributed by atoms with van der Waals surface area (Å²) in [6.45, 7) is 2.77. The van der Waals surface area contributed by atoms with Gasteiger partial charge in [0.2, 0.25) is 0 Å². The van der Waals surface area contributed by atoms with E-state index in [9.17, 15) is 5.11 Å². The second-order valence-corrected chi connectivity index (χ2v) is 4.39. The lowest BCUT2D eigenvalue weighted by Crippen LogP contribution is -2.36. The molecule has 0 spiro atoms. The van der Waals surface area contributed by atoms with Crippen LogP contribution in [0.25, 0.3) is 0 Å². The summed E-state index contributed by atoms with van der Waals surface area (Å²) in [5.74, 6) is 0.545. The smallest absolute Gasteiger partial charge is 0.0720 e. The Morgan fingerprint density at radius 2 is 2.00 bits per heavy atom. The molecule has 0 aromatic heterocycles. The van der Waals surface area contributed by atoms with Crippen LogP contribution in [0.3, 0.4) is 0 Å². The van der Waals surface area contributed by atoms with Crippen LogP contribution in [-0.4, -0.2) is 17.3 Å². The second kappa shape index (κ2) is 4.77. The van der Waals surface area contributed by atoms with Gasteiger partial charge in [-0.1, -0.05) is 30.3 Å². The summed E-state index contributed by atoms with van der Waals surface area (Å²) in [6, 6.07) is 10.2. The molecule has 0 radical (unpaired) electrons. The molecule has 1 atom stereocenters. The van der Waals surface area contributed by atoms with E-state index in [2.05, 4.69) is 19.1 Å². The molecule has 2 nitrogen and oxygen atoms in total. The number of aliphatic hydroxyl groups excluding tert-OH is 1. The highest BCUT2D eigenvalue weighted by atomic mass is 16.5. The Hall–Kier alpha value is -0.860. The molecule has 0 bridgehead atoms. The van der Waals surface area contributed by atoms with Crippen LogP contribution >= 0.6 is 0 Å². The Morgan fingerprint density at radius 3 is 2.60 bits per heavy atom. The monoisotopic (exact) mass is 206 g/mol. The number of rotatable bonds is 4. The largest absolute Gasteiger partial charge is 0.393 e. The van der Waals surface area contributed by atoms with Gasteiger partial charge < -0.3 is 9.84 Å². The maximum atomic E-state index is 9.20. The van der Waals surface area contributed by atoms with Gasteiger partial charge in [-0.05, 0) is 31.2 Å². The van der Waals surface area contributed by atoms with E-state index in [4.69, 9.17) is 4.74 Å². The van der Waals surface area contributed by atoms with Gasteiger partial charge in [0.15, 0.2) is 0 Å². The van der Waals surface area contributed by atoms with Crippen LogP contribution < -0.4 is 0 Å². The summed E-state index contributed by atoms with van der Waals surface area (Å²) < 4.78 is 5.77. The van der Waals surface area contributed by atoms with Crippen LogP contribution in [-0.2, 0) is 11.3 Å². The SMILES string of the molecule is C[C@@H](OCc1ccccc1)C1CC(O)C1. The molecule has 1 aromatic carbocycles. The van der Waals surface area contributed by atoms with Gasteiger partial charge in [0, 0.05) is 0 Å². The minimum Gasteiger partial charge on any atom is -0.393 e. The Kier molecular flexibility index (Phi) is 3.39. The van der Waals surface area contributed by atoms with Crippen molar-refractivity contribution < 1.29 is 9.84 Å². The number of ether oxygens (including phenoxy) is 1. The van der Waals surface area contributed by atoms with Crippen molar-refractivity contribution in [1.29, 1.82) is 0 Å². The zero-order valence-corrected chi connectivity index (χ0v) is 9.10. The van der Waals surface area contributed by atoms with E-state index >= 15 is 0 Å². The average Bonchev–Trinajstić information content (AvgIpc) is 2.23. The van der Waals surface area contributed by atoms with Gasteiger partial charge in [-0.2, -0.15) is 0 Å². The van der Waals surface area contributed by atoms with Crippen LogP contribution in [0, 0.1) is 5.92 Å². The predicted octanol–water partition coefficient (Wildman–Crippen LogP) is 2.36. The molecule has 1 aliphatic carbocycles. The van der Waals surface area contributed by atoms with Crippen molar-refractivity contribution in [3.8, 4) is 0 Å². The molecule has 0 unspecified atom stereocenters. The molecule has 1 N–H and O–H groups in total. The van der Waals surface area contributed by atoms with Gasteiger partial charge in [-0.25, -0.2) is 0 Å². The van der Waals surface area contributed by atoms with Crippen molar-refractivity contribution in [2.75, 3.05) is 0 Å². The van der Waals surface area contributed by atoms with Gasteiger partial charge in [-0.3, -0.25) is 0 Å². The summed E-state index contributed by atoms with van der Waals surface area (Å²) in [5.41, 5.74) is 1.21. The lowest BCUT2D eigenvalue weighted by atomic mass is 9.79. The van der Waals surface area contributed by atoms with Crippen LogP contribution in [0.4, 0.5) is 0 Å². The predicted molar refractivity (Wildman–Crippen MR) is 59.4 cm³/mol. The van der Waals surface area contributed by atoms with Crippen LogP contribution in [0.2, 0.25) is 0 Å². The van der Waals surface area contributed by atoms with Crippen molar-refractivity contribution in [2.45, 2.75) is 38.6 Å². The Morgan fingerprint density at radius 1 is 1.33 bits per heavy atom. The van der Waals surface area contributed by atoms with Crippen molar-refractivity contribution >= 4 is 0 Å².